The Morgan fingerprint density at radius 2 is 2.17 bits per heavy atom. The Kier molecular flexibility index (Phi) is 5.68. The van der Waals surface area contributed by atoms with Crippen LogP contribution in [0.2, 0.25) is 0 Å². The van der Waals surface area contributed by atoms with Crippen molar-refractivity contribution in [2.24, 2.45) is 5.92 Å². The van der Waals surface area contributed by atoms with Crippen molar-refractivity contribution in [2.45, 2.75) is 32.2 Å². The van der Waals surface area contributed by atoms with E-state index in [0.29, 0.717) is 24.2 Å². The highest BCUT2D eigenvalue weighted by Gasteiger charge is 2.26. The van der Waals surface area contributed by atoms with Crippen molar-refractivity contribution in [2.75, 3.05) is 27.2 Å². The van der Waals surface area contributed by atoms with E-state index in [1.165, 1.54) is 6.07 Å². The highest BCUT2D eigenvalue weighted by Crippen LogP contribution is 2.22. The summed E-state index contributed by atoms with van der Waals surface area (Å²) in [6.45, 7) is -1.61. The Labute approximate surface area is 134 Å². The molecule has 6 nitrogen and oxygen atoms in total. The van der Waals surface area contributed by atoms with Crippen LogP contribution in [0.15, 0.2) is 12.3 Å². The number of carbonyl (C=O) groups is 2. The number of hydrogen-bond acceptors (Lipinski definition) is 3. The number of rotatable bonds is 5. The third-order valence-electron chi connectivity index (χ3n) is 4.10. The molecule has 2 amide bonds. The maximum absolute atomic E-state index is 12.5. The summed E-state index contributed by atoms with van der Waals surface area (Å²) < 4.78 is 25.5. The van der Waals surface area contributed by atoms with Crippen LogP contribution < -0.4 is 0 Å². The highest BCUT2D eigenvalue weighted by molar-refractivity contribution is 5.92. The number of alkyl halides is 2. The molecule has 1 aliphatic rings. The summed E-state index contributed by atoms with van der Waals surface area (Å²) in [5, 5.41) is 3.62. The van der Waals surface area contributed by atoms with Crippen LogP contribution in [0.5, 0.6) is 0 Å². The van der Waals surface area contributed by atoms with Gasteiger partial charge in [0.05, 0.1) is 0 Å². The molecule has 128 valence electrons. The van der Waals surface area contributed by atoms with E-state index in [-0.39, 0.29) is 23.4 Å². The summed E-state index contributed by atoms with van der Waals surface area (Å²) in [6.07, 6.45) is 4.11. The van der Waals surface area contributed by atoms with E-state index in [0.717, 1.165) is 25.5 Å². The SMILES string of the molecule is CN(C)C(=O)CC[C@H]1CCCN(C(=O)c2ccn(C(F)F)n2)C1. The van der Waals surface area contributed by atoms with E-state index in [1.807, 2.05) is 0 Å². The molecule has 1 saturated heterocycles. The van der Waals surface area contributed by atoms with E-state index >= 15 is 0 Å². The molecular weight excluding hydrogens is 306 g/mol. The van der Waals surface area contributed by atoms with Crippen molar-refractivity contribution in [3.05, 3.63) is 18.0 Å². The van der Waals surface area contributed by atoms with Crippen molar-refractivity contribution >= 4 is 11.8 Å². The zero-order valence-electron chi connectivity index (χ0n) is 13.4. The van der Waals surface area contributed by atoms with Crippen LogP contribution in [-0.2, 0) is 4.79 Å². The van der Waals surface area contributed by atoms with Crippen LogP contribution in [0, 0.1) is 5.92 Å². The molecule has 0 saturated carbocycles. The molecule has 0 spiro atoms. The van der Waals surface area contributed by atoms with Gasteiger partial charge in [-0.25, -0.2) is 4.68 Å². The maximum atomic E-state index is 12.5. The monoisotopic (exact) mass is 328 g/mol. The molecular formula is C15H22F2N4O2. The molecule has 2 rings (SSSR count). The summed E-state index contributed by atoms with van der Waals surface area (Å²) in [7, 11) is 3.44. The smallest absolute Gasteiger partial charge is 0.333 e. The van der Waals surface area contributed by atoms with Gasteiger partial charge in [-0.1, -0.05) is 0 Å². The van der Waals surface area contributed by atoms with Gasteiger partial charge < -0.3 is 9.80 Å². The minimum atomic E-state index is -2.75. The Balaban J connectivity index is 1.92. The summed E-state index contributed by atoms with van der Waals surface area (Å²) >= 11 is 0. The Morgan fingerprint density at radius 1 is 1.43 bits per heavy atom. The molecule has 0 aromatic carbocycles. The number of nitrogens with zero attached hydrogens (tertiary/aromatic N) is 4. The van der Waals surface area contributed by atoms with Gasteiger partial charge in [-0.2, -0.15) is 13.9 Å². The van der Waals surface area contributed by atoms with Gasteiger partial charge in [0.1, 0.15) is 0 Å². The first-order valence-electron chi connectivity index (χ1n) is 7.71. The van der Waals surface area contributed by atoms with Crippen molar-refractivity contribution in [3.8, 4) is 0 Å². The minimum Gasteiger partial charge on any atom is -0.349 e. The third kappa shape index (κ3) is 4.49. The van der Waals surface area contributed by atoms with E-state index in [9.17, 15) is 18.4 Å². The summed E-state index contributed by atoms with van der Waals surface area (Å²) in [5.74, 6) is 0.00551. The molecule has 0 bridgehead atoms. The van der Waals surface area contributed by atoms with E-state index < -0.39 is 6.55 Å². The number of aromatic nitrogens is 2. The van der Waals surface area contributed by atoms with Gasteiger partial charge in [0.2, 0.25) is 5.91 Å². The molecule has 0 radical (unpaired) electrons. The molecule has 0 aliphatic carbocycles. The second-order valence-corrected chi connectivity index (χ2v) is 6.04. The molecule has 1 fully saturated rings. The lowest BCUT2D eigenvalue weighted by atomic mass is 9.93. The van der Waals surface area contributed by atoms with Crippen LogP contribution in [0.25, 0.3) is 0 Å². The summed E-state index contributed by atoms with van der Waals surface area (Å²) in [5.41, 5.74) is 0.0373. The normalized spacial score (nSPS) is 18.3. The topological polar surface area (TPSA) is 58.4 Å². The molecule has 1 aromatic heterocycles. The van der Waals surface area contributed by atoms with Gasteiger partial charge in [0.25, 0.3) is 5.91 Å². The van der Waals surface area contributed by atoms with Crippen LogP contribution in [0.1, 0.15) is 42.7 Å². The van der Waals surface area contributed by atoms with Crippen molar-refractivity contribution in [3.63, 3.8) is 0 Å². The number of likely N-dealkylation sites (tertiary alicyclic amines) is 1. The molecule has 2 heterocycles. The van der Waals surface area contributed by atoms with Crippen molar-refractivity contribution in [1.29, 1.82) is 0 Å². The number of piperidine rings is 1. The molecule has 8 heteroatoms. The zero-order chi connectivity index (χ0) is 17.0. The summed E-state index contributed by atoms with van der Waals surface area (Å²) in [4.78, 5) is 27.2. The van der Waals surface area contributed by atoms with Gasteiger partial charge in [-0.15, -0.1) is 0 Å². The van der Waals surface area contributed by atoms with E-state index in [4.69, 9.17) is 0 Å². The van der Waals surface area contributed by atoms with Crippen molar-refractivity contribution < 1.29 is 18.4 Å². The van der Waals surface area contributed by atoms with Gasteiger partial charge in [0.15, 0.2) is 5.69 Å². The number of halogens is 2. The predicted octanol–water partition coefficient (Wildman–Crippen LogP) is 2.00. The fraction of sp³-hybridized carbons (Fsp3) is 0.667. The molecule has 23 heavy (non-hydrogen) atoms. The lowest BCUT2D eigenvalue weighted by Crippen LogP contribution is -2.40. The first-order valence-corrected chi connectivity index (χ1v) is 7.71. The first-order chi connectivity index (χ1) is 10.9. The number of carbonyl (C=O) groups excluding carboxylic acids is 2. The highest BCUT2D eigenvalue weighted by atomic mass is 19.3. The Morgan fingerprint density at radius 3 is 2.78 bits per heavy atom. The fourth-order valence-electron chi connectivity index (χ4n) is 2.76. The fourth-order valence-corrected chi connectivity index (χ4v) is 2.76. The Hall–Kier alpha value is -1.99. The standard InChI is InChI=1S/C15H22F2N4O2/c1-19(2)13(22)6-5-11-4-3-8-20(10-11)14(23)12-7-9-21(18-12)15(16)17/h7,9,11,15H,3-6,8,10H2,1-2H3/t11-/m1/s1. The van der Waals surface area contributed by atoms with Gasteiger partial charge >= 0.3 is 6.55 Å². The molecule has 1 aromatic rings. The van der Waals surface area contributed by atoms with Crippen LogP contribution >= 0.6 is 0 Å². The molecule has 1 atom stereocenters. The maximum Gasteiger partial charge on any atom is 0.333 e. The van der Waals surface area contributed by atoms with Gasteiger partial charge in [-0.05, 0) is 31.2 Å². The predicted molar refractivity (Wildman–Crippen MR) is 80.0 cm³/mol. The number of hydrogen-bond donors (Lipinski definition) is 0. The molecule has 0 unspecified atom stereocenters. The quantitative estimate of drug-likeness (QED) is 0.831. The lowest BCUT2D eigenvalue weighted by Gasteiger charge is -2.32. The largest absolute Gasteiger partial charge is 0.349 e. The Bertz CT molecular complexity index is 559. The second-order valence-electron chi connectivity index (χ2n) is 6.04. The summed E-state index contributed by atoms with van der Waals surface area (Å²) in [6, 6.07) is 1.31. The first kappa shape index (κ1) is 17.4. The minimum absolute atomic E-state index is 0.0373. The van der Waals surface area contributed by atoms with Crippen molar-refractivity contribution in [1.82, 2.24) is 19.6 Å². The van der Waals surface area contributed by atoms with Crippen LogP contribution in [0.4, 0.5) is 8.78 Å². The second kappa shape index (κ2) is 7.52. The zero-order valence-corrected chi connectivity index (χ0v) is 13.4. The lowest BCUT2D eigenvalue weighted by molar-refractivity contribution is -0.129. The number of amides is 2. The average Bonchev–Trinajstić information content (AvgIpc) is 3.02. The van der Waals surface area contributed by atoms with Gasteiger partial charge in [0, 0.05) is 39.8 Å². The van der Waals surface area contributed by atoms with Crippen LogP contribution in [0.3, 0.4) is 0 Å². The average molecular weight is 328 g/mol. The molecule has 1 aliphatic heterocycles. The van der Waals surface area contributed by atoms with Crippen LogP contribution in [-0.4, -0.2) is 58.6 Å². The van der Waals surface area contributed by atoms with Gasteiger partial charge in [-0.3, -0.25) is 9.59 Å². The van der Waals surface area contributed by atoms with E-state index in [2.05, 4.69) is 5.10 Å². The van der Waals surface area contributed by atoms with E-state index in [1.54, 1.807) is 23.9 Å². The third-order valence-corrected chi connectivity index (χ3v) is 4.10. The molecule has 0 N–H and O–H groups in total.